The van der Waals surface area contributed by atoms with Gasteiger partial charge in [0.05, 0.1) is 12.3 Å². The van der Waals surface area contributed by atoms with Crippen LogP contribution in [0.4, 0.5) is 5.13 Å². The third-order valence-electron chi connectivity index (χ3n) is 3.38. The molecule has 6 heteroatoms. The molecule has 2 aromatic rings. The van der Waals surface area contributed by atoms with Gasteiger partial charge in [-0.15, -0.1) is 11.3 Å². The van der Waals surface area contributed by atoms with Crippen molar-refractivity contribution in [2.75, 3.05) is 25.0 Å². The smallest absolute Gasteiger partial charge is 0.256 e. The van der Waals surface area contributed by atoms with E-state index in [1.807, 2.05) is 23.6 Å². The molecule has 1 saturated heterocycles. The number of nitrogens with one attached hydrogen (secondary N) is 2. The number of benzene rings is 1. The van der Waals surface area contributed by atoms with Gasteiger partial charge >= 0.3 is 0 Å². The number of thiazole rings is 1. The maximum Gasteiger partial charge on any atom is 0.256 e. The highest BCUT2D eigenvalue weighted by molar-refractivity contribution is 7.14. The Morgan fingerprint density at radius 2 is 2.33 bits per heavy atom. The van der Waals surface area contributed by atoms with Gasteiger partial charge in [-0.2, -0.15) is 0 Å². The number of anilines is 1. The first-order valence-corrected chi connectivity index (χ1v) is 7.77. The van der Waals surface area contributed by atoms with Gasteiger partial charge in [-0.25, -0.2) is 4.98 Å². The maximum absolute atomic E-state index is 12.1. The summed E-state index contributed by atoms with van der Waals surface area (Å²) in [5.41, 5.74) is 3.14. The van der Waals surface area contributed by atoms with Crippen molar-refractivity contribution in [3.05, 3.63) is 35.2 Å². The van der Waals surface area contributed by atoms with Crippen LogP contribution in [0.15, 0.2) is 29.6 Å². The Morgan fingerprint density at radius 1 is 1.48 bits per heavy atom. The molecule has 1 amide bonds. The number of rotatable bonds is 3. The van der Waals surface area contributed by atoms with E-state index in [1.165, 1.54) is 16.9 Å². The van der Waals surface area contributed by atoms with E-state index in [0.717, 1.165) is 17.8 Å². The zero-order chi connectivity index (χ0) is 14.7. The molecule has 1 aromatic carbocycles. The number of nitrogens with zero attached hydrogens (tertiary/aromatic N) is 1. The van der Waals surface area contributed by atoms with Crippen LogP contribution in [0.25, 0.3) is 11.3 Å². The Bertz CT molecular complexity index is 635. The molecule has 110 valence electrons. The van der Waals surface area contributed by atoms with E-state index < -0.39 is 6.10 Å². The second-order valence-electron chi connectivity index (χ2n) is 4.91. The molecule has 1 unspecified atom stereocenters. The summed E-state index contributed by atoms with van der Waals surface area (Å²) in [4.78, 5) is 16.6. The fourth-order valence-electron chi connectivity index (χ4n) is 2.23. The van der Waals surface area contributed by atoms with Crippen LogP contribution in [0.3, 0.4) is 0 Å². The third kappa shape index (κ3) is 3.29. The average Bonchev–Trinajstić information content (AvgIpc) is 2.97. The van der Waals surface area contributed by atoms with Gasteiger partial charge in [0, 0.05) is 24.0 Å². The van der Waals surface area contributed by atoms with Crippen molar-refractivity contribution in [3.63, 3.8) is 0 Å². The highest BCUT2D eigenvalue weighted by Crippen LogP contribution is 2.27. The molecule has 1 fully saturated rings. The molecule has 21 heavy (non-hydrogen) atoms. The van der Waals surface area contributed by atoms with Crippen LogP contribution >= 0.6 is 11.3 Å². The van der Waals surface area contributed by atoms with Gasteiger partial charge in [-0.1, -0.05) is 24.3 Å². The zero-order valence-electron chi connectivity index (χ0n) is 11.8. The number of carbonyl (C=O) groups excluding carboxylic acids is 1. The largest absolute Gasteiger partial charge is 0.366 e. The molecule has 5 nitrogen and oxygen atoms in total. The molecule has 0 aliphatic carbocycles. The molecule has 1 atom stereocenters. The van der Waals surface area contributed by atoms with Gasteiger partial charge < -0.3 is 10.1 Å². The first kappa shape index (κ1) is 14.2. The fraction of sp³-hybridized carbons (Fsp3) is 0.333. The number of carbonyl (C=O) groups is 1. The second-order valence-corrected chi connectivity index (χ2v) is 5.76. The van der Waals surface area contributed by atoms with Crippen LogP contribution in [-0.4, -0.2) is 36.7 Å². The van der Waals surface area contributed by atoms with Crippen LogP contribution in [0.5, 0.6) is 0 Å². The van der Waals surface area contributed by atoms with Crippen molar-refractivity contribution in [3.8, 4) is 11.3 Å². The molecule has 2 heterocycles. The molecule has 3 rings (SSSR count). The molecule has 1 aromatic heterocycles. The summed E-state index contributed by atoms with van der Waals surface area (Å²) in [7, 11) is 0. The number of aryl methyl sites for hydroxylation is 1. The number of morpholine rings is 1. The number of hydrogen-bond acceptors (Lipinski definition) is 5. The van der Waals surface area contributed by atoms with E-state index in [2.05, 4.69) is 28.6 Å². The SMILES string of the molecule is Cc1ccccc1-c1csc(NC(=O)C2CNCCO2)n1. The molecule has 1 aliphatic rings. The predicted molar refractivity (Wildman–Crippen MR) is 83.5 cm³/mol. The van der Waals surface area contributed by atoms with E-state index in [9.17, 15) is 4.79 Å². The van der Waals surface area contributed by atoms with E-state index in [1.54, 1.807) is 0 Å². The Hall–Kier alpha value is -1.76. The van der Waals surface area contributed by atoms with Crippen molar-refractivity contribution < 1.29 is 9.53 Å². The zero-order valence-corrected chi connectivity index (χ0v) is 12.6. The van der Waals surface area contributed by atoms with E-state index >= 15 is 0 Å². The lowest BCUT2D eigenvalue weighted by Crippen LogP contribution is -2.45. The summed E-state index contributed by atoms with van der Waals surface area (Å²) in [5.74, 6) is -0.145. The first-order valence-electron chi connectivity index (χ1n) is 6.89. The lowest BCUT2D eigenvalue weighted by Gasteiger charge is -2.22. The van der Waals surface area contributed by atoms with Crippen LogP contribution in [0.2, 0.25) is 0 Å². The van der Waals surface area contributed by atoms with E-state index in [-0.39, 0.29) is 5.91 Å². The number of ether oxygens (including phenoxy) is 1. The minimum atomic E-state index is -0.440. The Morgan fingerprint density at radius 3 is 3.10 bits per heavy atom. The molecule has 1 aliphatic heterocycles. The Balaban J connectivity index is 1.70. The molecular weight excluding hydrogens is 286 g/mol. The van der Waals surface area contributed by atoms with Gasteiger partial charge in [0.15, 0.2) is 5.13 Å². The van der Waals surface area contributed by atoms with Gasteiger partial charge in [0.2, 0.25) is 0 Å². The normalized spacial score (nSPS) is 18.4. The summed E-state index contributed by atoms with van der Waals surface area (Å²) in [5, 5.41) is 8.52. The van der Waals surface area contributed by atoms with Crippen molar-refractivity contribution in [2.45, 2.75) is 13.0 Å². The highest BCUT2D eigenvalue weighted by Gasteiger charge is 2.22. The standard InChI is InChI=1S/C15H17N3O2S/c1-10-4-2-3-5-11(10)12-9-21-15(17-12)18-14(19)13-8-16-6-7-20-13/h2-5,9,13,16H,6-8H2,1H3,(H,17,18,19). The Labute approximate surface area is 127 Å². The summed E-state index contributed by atoms with van der Waals surface area (Å²) in [6.07, 6.45) is -0.440. The van der Waals surface area contributed by atoms with E-state index in [4.69, 9.17) is 4.74 Å². The second kappa shape index (κ2) is 6.34. The minimum Gasteiger partial charge on any atom is -0.366 e. The molecular formula is C15H17N3O2S. The Kier molecular flexibility index (Phi) is 4.28. The molecule has 0 saturated carbocycles. The summed E-state index contributed by atoms with van der Waals surface area (Å²) in [6, 6.07) is 8.07. The van der Waals surface area contributed by atoms with Crippen LogP contribution in [0.1, 0.15) is 5.56 Å². The predicted octanol–water partition coefficient (Wildman–Crippen LogP) is 2.05. The molecule has 0 bridgehead atoms. The third-order valence-corrected chi connectivity index (χ3v) is 4.13. The highest BCUT2D eigenvalue weighted by atomic mass is 32.1. The quantitative estimate of drug-likeness (QED) is 0.911. The summed E-state index contributed by atoms with van der Waals surface area (Å²) in [6.45, 7) is 3.94. The van der Waals surface area contributed by atoms with Gasteiger partial charge in [0.1, 0.15) is 6.10 Å². The summed E-state index contributed by atoms with van der Waals surface area (Å²) < 4.78 is 5.42. The van der Waals surface area contributed by atoms with Crippen LogP contribution in [0, 0.1) is 6.92 Å². The first-order chi connectivity index (χ1) is 10.2. The van der Waals surface area contributed by atoms with Gasteiger partial charge in [0.25, 0.3) is 5.91 Å². The topological polar surface area (TPSA) is 63.2 Å². The van der Waals surface area contributed by atoms with Crippen molar-refractivity contribution in [2.24, 2.45) is 0 Å². The van der Waals surface area contributed by atoms with Crippen LogP contribution < -0.4 is 10.6 Å². The van der Waals surface area contributed by atoms with Gasteiger partial charge in [-0.3, -0.25) is 10.1 Å². The minimum absolute atomic E-state index is 0.145. The number of hydrogen-bond donors (Lipinski definition) is 2. The molecule has 0 radical (unpaired) electrons. The number of aromatic nitrogens is 1. The van der Waals surface area contributed by atoms with Gasteiger partial charge in [-0.05, 0) is 12.5 Å². The van der Waals surface area contributed by atoms with E-state index in [0.29, 0.717) is 18.3 Å². The van der Waals surface area contributed by atoms with Crippen molar-refractivity contribution in [1.29, 1.82) is 0 Å². The fourth-order valence-corrected chi connectivity index (χ4v) is 2.95. The maximum atomic E-state index is 12.1. The monoisotopic (exact) mass is 303 g/mol. The lowest BCUT2D eigenvalue weighted by molar-refractivity contribution is -0.128. The van der Waals surface area contributed by atoms with Crippen molar-refractivity contribution in [1.82, 2.24) is 10.3 Å². The number of amides is 1. The van der Waals surface area contributed by atoms with Crippen molar-refractivity contribution >= 4 is 22.4 Å². The average molecular weight is 303 g/mol. The summed E-state index contributed by atoms with van der Waals surface area (Å²) >= 11 is 1.43. The molecule has 2 N–H and O–H groups in total. The lowest BCUT2D eigenvalue weighted by atomic mass is 10.1. The molecule has 0 spiro atoms. The van der Waals surface area contributed by atoms with Crippen LogP contribution in [-0.2, 0) is 9.53 Å².